The summed E-state index contributed by atoms with van der Waals surface area (Å²) < 4.78 is 1.47. The molecule has 5 nitrogen and oxygen atoms in total. The predicted octanol–water partition coefficient (Wildman–Crippen LogP) is 1.79. The minimum Gasteiger partial charge on any atom is -0.265 e. The molecule has 7 heteroatoms. The summed E-state index contributed by atoms with van der Waals surface area (Å²) in [6.45, 7) is 0. The first kappa shape index (κ1) is 11.3. The first-order valence-electron chi connectivity index (χ1n) is 5.19. The molecule has 18 heavy (non-hydrogen) atoms. The number of rotatable bonds is 2. The van der Waals surface area contributed by atoms with Gasteiger partial charge in [-0.3, -0.25) is 4.79 Å². The fourth-order valence-electron chi connectivity index (χ4n) is 1.62. The lowest BCUT2D eigenvalue weighted by molar-refractivity contribution is 0.808. The highest BCUT2D eigenvalue weighted by atomic mass is 35.5. The second kappa shape index (κ2) is 4.47. The Morgan fingerprint density at radius 3 is 2.78 bits per heavy atom. The van der Waals surface area contributed by atoms with Crippen LogP contribution in [0.3, 0.4) is 0 Å². The van der Waals surface area contributed by atoms with Gasteiger partial charge < -0.3 is 0 Å². The van der Waals surface area contributed by atoms with Crippen molar-refractivity contribution in [2.75, 3.05) is 0 Å². The average Bonchev–Trinajstić information content (AvgIpc) is 2.76. The molecule has 0 saturated carbocycles. The Morgan fingerprint density at radius 2 is 2.00 bits per heavy atom. The van der Waals surface area contributed by atoms with Gasteiger partial charge in [0.05, 0.1) is 0 Å². The molecule has 2 heterocycles. The van der Waals surface area contributed by atoms with E-state index < -0.39 is 0 Å². The maximum absolute atomic E-state index is 12.1. The second-order valence-electron chi connectivity index (χ2n) is 3.66. The fourth-order valence-corrected chi connectivity index (χ4v) is 2.47. The first-order chi connectivity index (χ1) is 8.74. The predicted molar refractivity (Wildman–Crippen MR) is 69.2 cm³/mol. The van der Waals surface area contributed by atoms with Crippen LogP contribution in [0.1, 0.15) is 11.3 Å². The Morgan fingerprint density at radius 1 is 1.22 bits per heavy atom. The van der Waals surface area contributed by atoms with Gasteiger partial charge in [-0.15, -0.1) is 15.3 Å². The van der Waals surface area contributed by atoms with Crippen LogP contribution in [-0.4, -0.2) is 19.8 Å². The Hall–Kier alpha value is -1.79. The summed E-state index contributed by atoms with van der Waals surface area (Å²) in [6, 6.07) is 9.62. The number of nitrogens with zero attached hydrogens (tertiary/aromatic N) is 4. The lowest BCUT2D eigenvalue weighted by Crippen LogP contribution is -2.22. The summed E-state index contributed by atoms with van der Waals surface area (Å²) in [5, 5.41) is 11.8. The van der Waals surface area contributed by atoms with Crippen LogP contribution in [-0.2, 0) is 6.42 Å². The van der Waals surface area contributed by atoms with Crippen LogP contribution in [0.15, 0.2) is 35.1 Å². The molecule has 0 unspecified atom stereocenters. The SMILES string of the molecule is O=c1c(Cc2ccccc2)nnc2sc(Cl)nn12. The minimum atomic E-state index is -0.271. The molecule has 0 radical (unpaired) electrons. The molecule has 0 saturated heterocycles. The molecular formula is C11H7ClN4OS. The van der Waals surface area contributed by atoms with Gasteiger partial charge in [0, 0.05) is 6.42 Å². The zero-order valence-electron chi connectivity index (χ0n) is 9.08. The van der Waals surface area contributed by atoms with Crippen molar-refractivity contribution in [2.45, 2.75) is 6.42 Å². The molecule has 2 aromatic heterocycles. The van der Waals surface area contributed by atoms with E-state index in [1.54, 1.807) is 0 Å². The van der Waals surface area contributed by atoms with Crippen LogP contribution in [0.2, 0.25) is 4.47 Å². The Kier molecular flexibility index (Phi) is 2.81. The molecule has 0 aliphatic heterocycles. The molecule has 0 atom stereocenters. The van der Waals surface area contributed by atoms with E-state index in [-0.39, 0.29) is 10.0 Å². The number of hydrogen-bond acceptors (Lipinski definition) is 5. The summed E-state index contributed by atoms with van der Waals surface area (Å²) in [4.78, 5) is 12.5. The maximum Gasteiger partial charge on any atom is 0.297 e. The molecule has 1 aromatic carbocycles. The Labute approximate surface area is 111 Å². The van der Waals surface area contributed by atoms with Gasteiger partial charge in [0.25, 0.3) is 5.56 Å². The minimum absolute atomic E-state index is 0.271. The van der Waals surface area contributed by atoms with Crippen molar-refractivity contribution in [3.63, 3.8) is 0 Å². The van der Waals surface area contributed by atoms with E-state index in [0.717, 1.165) is 16.9 Å². The highest BCUT2D eigenvalue weighted by Crippen LogP contribution is 2.15. The average molecular weight is 279 g/mol. The van der Waals surface area contributed by atoms with Crippen LogP contribution in [0.4, 0.5) is 0 Å². The van der Waals surface area contributed by atoms with Crippen molar-refractivity contribution in [1.29, 1.82) is 0 Å². The molecule has 0 aliphatic carbocycles. The summed E-state index contributed by atoms with van der Waals surface area (Å²) in [6.07, 6.45) is 0.435. The monoisotopic (exact) mass is 278 g/mol. The molecule has 90 valence electrons. The Balaban J connectivity index is 2.08. The van der Waals surface area contributed by atoms with E-state index in [1.807, 2.05) is 30.3 Å². The quantitative estimate of drug-likeness (QED) is 0.717. The highest BCUT2D eigenvalue weighted by Gasteiger charge is 2.11. The van der Waals surface area contributed by atoms with Crippen LogP contribution in [0, 0.1) is 0 Å². The van der Waals surface area contributed by atoms with Gasteiger partial charge in [0.15, 0.2) is 0 Å². The van der Waals surface area contributed by atoms with Gasteiger partial charge >= 0.3 is 0 Å². The van der Waals surface area contributed by atoms with Gasteiger partial charge in [-0.05, 0) is 17.2 Å². The molecule has 0 aliphatic rings. The van der Waals surface area contributed by atoms with Gasteiger partial charge in [0.2, 0.25) is 9.43 Å². The number of fused-ring (bicyclic) bond motifs is 1. The van der Waals surface area contributed by atoms with E-state index in [9.17, 15) is 4.79 Å². The van der Waals surface area contributed by atoms with Gasteiger partial charge in [-0.25, -0.2) is 0 Å². The molecule has 0 fully saturated rings. The lowest BCUT2D eigenvalue weighted by Gasteiger charge is -1.99. The lowest BCUT2D eigenvalue weighted by atomic mass is 10.1. The fraction of sp³-hybridized carbons (Fsp3) is 0.0909. The largest absolute Gasteiger partial charge is 0.297 e. The third-order valence-electron chi connectivity index (χ3n) is 2.45. The highest BCUT2D eigenvalue weighted by molar-refractivity contribution is 7.20. The van der Waals surface area contributed by atoms with Crippen molar-refractivity contribution in [2.24, 2.45) is 0 Å². The summed E-state index contributed by atoms with van der Waals surface area (Å²) in [7, 11) is 0. The second-order valence-corrected chi connectivity index (χ2v) is 5.20. The van der Waals surface area contributed by atoms with E-state index in [1.165, 1.54) is 4.52 Å². The summed E-state index contributed by atoms with van der Waals surface area (Å²) in [5.74, 6) is 0. The third-order valence-corrected chi connectivity index (χ3v) is 3.44. The van der Waals surface area contributed by atoms with Crippen LogP contribution >= 0.6 is 22.9 Å². The van der Waals surface area contributed by atoms with Gasteiger partial charge in [0.1, 0.15) is 5.69 Å². The summed E-state index contributed by atoms with van der Waals surface area (Å²) in [5.41, 5.74) is 1.10. The van der Waals surface area contributed by atoms with Crippen LogP contribution in [0.25, 0.3) is 4.96 Å². The van der Waals surface area contributed by atoms with E-state index >= 15 is 0 Å². The summed E-state index contributed by atoms with van der Waals surface area (Å²) >= 11 is 6.87. The third kappa shape index (κ3) is 2.00. The molecule has 3 rings (SSSR count). The smallest absolute Gasteiger partial charge is 0.265 e. The van der Waals surface area contributed by atoms with E-state index in [2.05, 4.69) is 15.3 Å². The normalized spacial score (nSPS) is 10.9. The zero-order valence-corrected chi connectivity index (χ0v) is 10.6. The number of benzene rings is 1. The van der Waals surface area contributed by atoms with Gasteiger partial charge in [-0.1, -0.05) is 41.7 Å². The van der Waals surface area contributed by atoms with Gasteiger partial charge in [-0.2, -0.15) is 4.52 Å². The Bertz CT molecular complexity index is 753. The van der Waals surface area contributed by atoms with E-state index in [4.69, 9.17) is 11.6 Å². The molecular weight excluding hydrogens is 272 g/mol. The molecule has 0 amide bonds. The molecule has 0 bridgehead atoms. The van der Waals surface area contributed by atoms with Crippen molar-refractivity contribution >= 4 is 27.9 Å². The first-order valence-corrected chi connectivity index (χ1v) is 6.38. The maximum atomic E-state index is 12.1. The number of halogens is 1. The molecule has 0 N–H and O–H groups in total. The number of aromatic nitrogens is 4. The molecule has 3 aromatic rings. The number of hydrogen-bond donors (Lipinski definition) is 0. The topological polar surface area (TPSA) is 60.2 Å². The standard InChI is InChI=1S/C11H7ClN4OS/c12-10-15-16-9(17)8(13-14-11(16)18-10)6-7-4-2-1-3-5-7/h1-5H,6H2. The zero-order chi connectivity index (χ0) is 12.5. The van der Waals surface area contributed by atoms with Crippen LogP contribution < -0.4 is 5.56 Å². The molecule has 0 spiro atoms. The van der Waals surface area contributed by atoms with E-state index in [0.29, 0.717) is 17.1 Å². The van der Waals surface area contributed by atoms with Crippen molar-refractivity contribution in [3.05, 3.63) is 56.4 Å². The van der Waals surface area contributed by atoms with Crippen molar-refractivity contribution in [3.8, 4) is 0 Å². The van der Waals surface area contributed by atoms with Crippen molar-refractivity contribution < 1.29 is 0 Å². The van der Waals surface area contributed by atoms with Crippen LogP contribution in [0.5, 0.6) is 0 Å². The van der Waals surface area contributed by atoms with Crippen molar-refractivity contribution in [1.82, 2.24) is 19.8 Å².